The zero-order chi connectivity index (χ0) is 20.4. The second kappa shape index (κ2) is 8.02. The van der Waals surface area contributed by atoms with Crippen LogP contribution in [0.15, 0.2) is 79.0 Å². The molecule has 4 aromatic rings. The Morgan fingerprint density at radius 2 is 1.66 bits per heavy atom. The minimum atomic E-state index is -0.00702. The summed E-state index contributed by atoms with van der Waals surface area (Å²) in [6.07, 6.45) is 2.31. The van der Waals surface area contributed by atoms with Gasteiger partial charge < -0.3 is 10.2 Å². The van der Waals surface area contributed by atoms with Crippen molar-refractivity contribution in [1.29, 1.82) is 0 Å². The van der Waals surface area contributed by atoms with Gasteiger partial charge in [-0.2, -0.15) is 5.10 Å². The molecule has 4 rings (SSSR count). The van der Waals surface area contributed by atoms with E-state index in [0.717, 1.165) is 11.3 Å². The molecule has 0 fully saturated rings. The van der Waals surface area contributed by atoms with Gasteiger partial charge in [0.15, 0.2) is 0 Å². The summed E-state index contributed by atoms with van der Waals surface area (Å²) in [5, 5.41) is 25.9. The fraction of sp³-hybridized carbons (Fsp3) is 0.125. The molecule has 1 unspecified atom stereocenters. The van der Waals surface area contributed by atoms with Gasteiger partial charge in [-0.05, 0) is 47.7 Å². The second-order valence-electron chi connectivity index (χ2n) is 7.09. The van der Waals surface area contributed by atoms with Gasteiger partial charge in [0, 0.05) is 11.6 Å². The summed E-state index contributed by atoms with van der Waals surface area (Å²) in [4.78, 5) is 0. The van der Waals surface area contributed by atoms with Crippen molar-refractivity contribution in [3.63, 3.8) is 0 Å². The molecule has 1 heterocycles. The first-order chi connectivity index (χ1) is 14.0. The Bertz CT molecular complexity index is 1140. The highest BCUT2D eigenvalue weighted by atomic mass is 35.5. The van der Waals surface area contributed by atoms with Crippen LogP contribution in [0.4, 0.5) is 0 Å². The van der Waals surface area contributed by atoms with Crippen molar-refractivity contribution in [3.05, 3.63) is 95.1 Å². The van der Waals surface area contributed by atoms with Crippen molar-refractivity contribution in [2.75, 3.05) is 0 Å². The molecule has 0 aliphatic carbocycles. The third kappa shape index (κ3) is 3.84. The van der Waals surface area contributed by atoms with Crippen LogP contribution >= 0.6 is 11.6 Å². The number of nitrogens with zero attached hydrogens (tertiary/aromatic N) is 2. The average molecular weight is 405 g/mol. The Labute approximate surface area is 174 Å². The van der Waals surface area contributed by atoms with Gasteiger partial charge in [0.2, 0.25) is 0 Å². The molecule has 29 heavy (non-hydrogen) atoms. The number of halogens is 1. The maximum Gasteiger partial charge on any atom is 0.128 e. The van der Waals surface area contributed by atoms with Crippen LogP contribution in [0.5, 0.6) is 11.5 Å². The highest BCUT2D eigenvalue weighted by Crippen LogP contribution is 2.38. The molecule has 0 saturated carbocycles. The van der Waals surface area contributed by atoms with Crippen molar-refractivity contribution in [2.24, 2.45) is 0 Å². The van der Waals surface area contributed by atoms with E-state index < -0.39 is 0 Å². The van der Waals surface area contributed by atoms with Crippen LogP contribution in [-0.2, 0) is 6.42 Å². The lowest BCUT2D eigenvalue weighted by Gasteiger charge is -2.16. The molecule has 0 amide bonds. The van der Waals surface area contributed by atoms with E-state index in [4.69, 9.17) is 11.6 Å². The monoisotopic (exact) mass is 404 g/mol. The van der Waals surface area contributed by atoms with E-state index in [9.17, 15) is 10.2 Å². The Morgan fingerprint density at radius 1 is 0.931 bits per heavy atom. The van der Waals surface area contributed by atoms with Crippen molar-refractivity contribution >= 4 is 11.6 Å². The first kappa shape index (κ1) is 19.1. The first-order valence-electron chi connectivity index (χ1n) is 9.43. The molecule has 0 bridgehead atoms. The van der Waals surface area contributed by atoms with Gasteiger partial charge in [-0.1, -0.05) is 61.0 Å². The number of aromatic nitrogens is 2. The predicted molar refractivity (Wildman–Crippen MR) is 116 cm³/mol. The normalized spacial score (nSPS) is 12.1. The van der Waals surface area contributed by atoms with Gasteiger partial charge in [0.1, 0.15) is 11.5 Å². The quantitative estimate of drug-likeness (QED) is 0.432. The molecule has 0 radical (unpaired) electrons. The summed E-state index contributed by atoms with van der Waals surface area (Å²) in [7, 11) is 0. The van der Waals surface area contributed by atoms with Crippen LogP contribution in [0, 0.1) is 0 Å². The van der Waals surface area contributed by atoms with Gasteiger partial charge in [-0.25, -0.2) is 4.68 Å². The van der Waals surface area contributed by atoms with E-state index in [2.05, 4.69) is 24.2 Å². The number of phenolic OH excluding ortho intramolecular Hbond substituents is 2. The number of benzene rings is 3. The second-order valence-corrected chi connectivity index (χ2v) is 7.50. The summed E-state index contributed by atoms with van der Waals surface area (Å²) >= 11 is 6.34. The largest absolute Gasteiger partial charge is 0.508 e. The lowest BCUT2D eigenvalue weighted by Crippen LogP contribution is -2.02. The highest BCUT2D eigenvalue weighted by molar-refractivity contribution is 6.32. The fourth-order valence-electron chi connectivity index (χ4n) is 3.54. The molecule has 146 valence electrons. The molecule has 4 nitrogen and oxygen atoms in total. The molecular formula is C24H21ClN2O2. The lowest BCUT2D eigenvalue weighted by molar-refractivity contribution is 0.445. The van der Waals surface area contributed by atoms with Crippen LogP contribution in [0.2, 0.25) is 5.02 Å². The number of aromatic hydroxyl groups is 2. The van der Waals surface area contributed by atoms with Gasteiger partial charge >= 0.3 is 0 Å². The zero-order valence-electron chi connectivity index (χ0n) is 16.0. The number of phenols is 2. The van der Waals surface area contributed by atoms with Crippen molar-refractivity contribution < 1.29 is 10.2 Å². The van der Waals surface area contributed by atoms with E-state index in [1.807, 2.05) is 48.5 Å². The predicted octanol–water partition coefficient (Wildman–Crippen LogP) is 5.95. The molecule has 0 saturated heterocycles. The van der Waals surface area contributed by atoms with Crippen molar-refractivity contribution in [2.45, 2.75) is 19.3 Å². The summed E-state index contributed by atoms with van der Waals surface area (Å²) in [6.45, 7) is 2.12. The maximum absolute atomic E-state index is 10.5. The zero-order valence-corrected chi connectivity index (χ0v) is 16.7. The Balaban J connectivity index is 1.74. The van der Waals surface area contributed by atoms with E-state index in [-0.39, 0.29) is 17.4 Å². The molecule has 1 atom stereocenters. The van der Waals surface area contributed by atoms with Crippen LogP contribution < -0.4 is 0 Å². The van der Waals surface area contributed by atoms with E-state index in [1.165, 1.54) is 11.6 Å². The number of rotatable bonds is 5. The Kier molecular flexibility index (Phi) is 5.28. The topological polar surface area (TPSA) is 58.3 Å². The lowest BCUT2D eigenvalue weighted by atomic mass is 9.92. The summed E-state index contributed by atoms with van der Waals surface area (Å²) in [5.74, 6) is 0.290. The SMILES string of the molecule is CC(Cc1cc(-c2ccnn2-c2ccccc2Cl)c(O)cc1O)c1ccccc1. The average Bonchev–Trinajstić information content (AvgIpc) is 3.20. The third-order valence-electron chi connectivity index (χ3n) is 5.09. The minimum absolute atomic E-state index is 0.00702. The minimum Gasteiger partial charge on any atom is -0.508 e. The summed E-state index contributed by atoms with van der Waals surface area (Å²) < 4.78 is 1.69. The number of para-hydroxylation sites is 1. The van der Waals surface area contributed by atoms with Gasteiger partial charge in [0.05, 0.1) is 22.6 Å². The van der Waals surface area contributed by atoms with Gasteiger partial charge in [0.25, 0.3) is 0 Å². The molecule has 2 N–H and O–H groups in total. The smallest absolute Gasteiger partial charge is 0.128 e. The van der Waals surface area contributed by atoms with Crippen molar-refractivity contribution in [3.8, 4) is 28.4 Å². The van der Waals surface area contributed by atoms with Gasteiger partial charge in [-0.3, -0.25) is 0 Å². The molecule has 1 aromatic heterocycles. The van der Waals surface area contributed by atoms with Crippen LogP contribution in [0.25, 0.3) is 16.9 Å². The Morgan fingerprint density at radius 3 is 2.41 bits per heavy atom. The van der Waals surface area contributed by atoms with E-state index >= 15 is 0 Å². The standard InChI is InChI=1S/C24H21ClN2O2/c1-16(17-7-3-2-4-8-17)13-18-14-19(24(29)15-23(18)28)21-11-12-26-27(21)22-10-6-5-9-20(22)25/h2-12,14-16,28-29H,13H2,1H3. The molecule has 5 heteroatoms. The summed E-state index contributed by atoms with van der Waals surface area (Å²) in [6, 6.07) is 22.6. The third-order valence-corrected chi connectivity index (χ3v) is 5.41. The van der Waals surface area contributed by atoms with Crippen LogP contribution in [0.1, 0.15) is 24.0 Å². The molecule has 0 spiro atoms. The van der Waals surface area contributed by atoms with E-state index in [1.54, 1.807) is 16.9 Å². The van der Waals surface area contributed by atoms with Gasteiger partial charge in [-0.15, -0.1) is 0 Å². The van der Waals surface area contributed by atoms with Crippen LogP contribution in [-0.4, -0.2) is 20.0 Å². The fourth-order valence-corrected chi connectivity index (χ4v) is 3.76. The number of hydrogen-bond donors (Lipinski definition) is 2. The molecule has 0 aliphatic heterocycles. The Hall–Kier alpha value is -3.24. The van der Waals surface area contributed by atoms with Crippen LogP contribution in [0.3, 0.4) is 0 Å². The summed E-state index contributed by atoms with van der Waals surface area (Å²) in [5.41, 5.74) is 3.98. The maximum atomic E-state index is 10.5. The molecular weight excluding hydrogens is 384 g/mol. The molecule has 3 aromatic carbocycles. The van der Waals surface area contributed by atoms with Crippen molar-refractivity contribution in [1.82, 2.24) is 9.78 Å². The number of hydrogen-bond acceptors (Lipinski definition) is 3. The highest BCUT2D eigenvalue weighted by Gasteiger charge is 2.18. The molecule has 0 aliphatic rings. The van der Waals surface area contributed by atoms with E-state index in [0.29, 0.717) is 22.7 Å². The first-order valence-corrected chi connectivity index (χ1v) is 9.81.